The summed E-state index contributed by atoms with van der Waals surface area (Å²) in [5.74, 6) is 0. The fraction of sp³-hybridized carbons (Fsp3) is 0.200. The normalized spacial score (nSPS) is 12.3. The van der Waals surface area contributed by atoms with Crippen LogP contribution in [0.1, 0.15) is 24.1 Å². The van der Waals surface area contributed by atoms with Gasteiger partial charge in [0.2, 0.25) is 0 Å². The molecule has 0 aliphatic carbocycles. The number of rotatable bonds is 3. The number of nitrogens with one attached hydrogen (secondary N) is 1. The molecule has 4 heteroatoms. The highest BCUT2D eigenvalue weighted by molar-refractivity contribution is 6.42. The van der Waals surface area contributed by atoms with E-state index in [4.69, 9.17) is 34.8 Å². The van der Waals surface area contributed by atoms with Crippen molar-refractivity contribution in [3.05, 3.63) is 62.6 Å². The molecule has 0 saturated carbocycles. The van der Waals surface area contributed by atoms with Crippen LogP contribution in [-0.4, -0.2) is 0 Å². The minimum absolute atomic E-state index is 0.0448. The predicted octanol–water partition coefficient (Wildman–Crippen LogP) is 6.13. The molecule has 0 radical (unpaired) electrons. The molecule has 1 nitrogen and oxygen atoms in total. The summed E-state index contributed by atoms with van der Waals surface area (Å²) in [6, 6.07) is 11.5. The molecule has 1 N–H and O–H groups in total. The van der Waals surface area contributed by atoms with Crippen LogP contribution in [0.2, 0.25) is 15.1 Å². The minimum atomic E-state index is 0.0448. The Morgan fingerprint density at radius 2 is 1.79 bits per heavy atom. The Morgan fingerprint density at radius 1 is 1.05 bits per heavy atom. The number of anilines is 1. The predicted molar refractivity (Wildman–Crippen MR) is 84.7 cm³/mol. The summed E-state index contributed by atoms with van der Waals surface area (Å²) < 4.78 is 0. The smallest absolute Gasteiger partial charge is 0.0644 e. The second kappa shape index (κ2) is 6.04. The summed E-state index contributed by atoms with van der Waals surface area (Å²) in [5.41, 5.74) is 3.10. The van der Waals surface area contributed by atoms with Crippen LogP contribution in [0, 0.1) is 6.92 Å². The van der Waals surface area contributed by atoms with E-state index in [1.807, 2.05) is 44.2 Å². The van der Waals surface area contributed by atoms with Gasteiger partial charge in [-0.05, 0) is 43.2 Å². The molecule has 2 aromatic carbocycles. The molecular formula is C15H14Cl3N. The van der Waals surface area contributed by atoms with E-state index in [0.717, 1.165) is 16.8 Å². The van der Waals surface area contributed by atoms with Crippen molar-refractivity contribution in [1.29, 1.82) is 0 Å². The molecule has 2 aromatic rings. The van der Waals surface area contributed by atoms with E-state index < -0.39 is 0 Å². The largest absolute Gasteiger partial charge is 0.378 e. The summed E-state index contributed by atoms with van der Waals surface area (Å²) in [6.07, 6.45) is 0. The Morgan fingerprint density at radius 3 is 2.53 bits per heavy atom. The van der Waals surface area contributed by atoms with E-state index in [1.54, 1.807) is 6.07 Å². The first kappa shape index (κ1) is 14.5. The molecule has 0 fully saturated rings. The van der Waals surface area contributed by atoms with Crippen LogP contribution < -0.4 is 5.32 Å². The van der Waals surface area contributed by atoms with Gasteiger partial charge in [0.15, 0.2) is 0 Å². The third-order valence-electron chi connectivity index (χ3n) is 3.02. The zero-order valence-corrected chi connectivity index (χ0v) is 12.9. The summed E-state index contributed by atoms with van der Waals surface area (Å²) in [4.78, 5) is 0. The molecule has 1 unspecified atom stereocenters. The monoisotopic (exact) mass is 313 g/mol. The standard InChI is InChI=1S/C15H14Cl3N/c1-9-6-7-11(16)8-14(9)19-10(2)12-4-3-5-13(17)15(12)18/h3-8,10,19H,1-2H3. The molecule has 19 heavy (non-hydrogen) atoms. The first-order valence-corrected chi connectivity index (χ1v) is 7.09. The Hall–Kier alpha value is -0.890. The van der Waals surface area contributed by atoms with Gasteiger partial charge >= 0.3 is 0 Å². The lowest BCUT2D eigenvalue weighted by atomic mass is 10.1. The minimum Gasteiger partial charge on any atom is -0.378 e. The molecule has 0 aliphatic heterocycles. The zero-order chi connectivity index (χ0) is 14.0. The molecule has 100 valence electrons. The summed E-state index contributed by atoms with van der Waals surface area (Å²) in [7, 11) is 0. The van der Waals surface area contributed by atoms with Gasteiger partial charge in [-0.2, -0.15) is 0 Å². The van der Waals surface area contributed by atoms with Crippen molar-refractivity contribution in [1.82, 2.24) is 0 Å². The second-order valence-electron chi connectivity index (χ2n) is 4.47. The van der Waals surface area contributed by atoms with E-state index >= 15 is 0 Å². The van der Waals surface area contributed by atoms with Gasteiger partial charge in [0.25, 0.3) is 0 Å². The summed E-state index contributed by atoms with van der Waals surface area (Å²) in [6.45, 7) is 4.07. The average molecular weight is 315 g/mol. The van der Waals surface area contributed by atoms with Crippen molar-refractivity contribution in [2.75, 3.05) is 5.32 Å². The molecule has 1 atom stereocenters. The van der Waals surface area contributed by atoms with Crippen molar-refractivity contribution in [2.24, 2.45) is 0 Å². The molecular weight excluding hydrogens is 301 g/mol. The van der Waals surface area contributed by atoms with Crippen LogP contribution in [0.5, 0.6) is 0 Å². The molecule has 0 spiro atoms. The molecule has 0 heterocycles. The first-order chi connectivity index (χ1) is 8.99. The number of hydrogen-bond donors (Lipinski definition) is 1. The van der Waals surface area contributed by atoms with Gasteiger partial charge in [-0.1, -0.05) is 53.0 Å². The van der Waals surface area contributed by atoms with Crippen molar-refractivity contribution >= 4 is 40.5 Å². The Bertz CT molecular complexity index is 596. The molecule has 0 bridgehead atoms. The second-order valence-corrected chi connectivity index (χ2v) is 5.69. The molecule has 0 amide bonds. The van der Waals surface area contributed by atoms with Crippen LogP contribution in [-0.2, 0) is 0 Å². The van der Waals surface area contributed by atoms with Crippen LogP contribution in [0.15, 0.2) is 36.4 Å². The van der Waals surface area contributed by atoms with E-state index in [2.05, 4.69) is 5.32 Å². The van der Waals surface area contributed by atoms with Crippen LogP contribution in [0.25, 0.3) is 0 Å². The lowest BCUT2D eigenvalue weighted by Crippen LogP contribution is -2.08. The van der Waals surface area contributed by atoms with Crippen LogP contribution in [0.3, 0.4) is 0 Å². The SMILES string of the molecule is Cc1ccc(Cl)cc1NC(C)c1cccc(Cl)c1Cl. The number of aryl methyl sites for hydroxylation is 1. The van der Waals surface area contributed by atoms with Crippen LogP contribution >= 0.6 is 34.8 Å². The fourth-order valence-corrected chi connectivity index (χ4v) is 2.56. The quantitative estimate of drug-likeness (QED) is 0.718. The maximum Gasteiger partial charge on any atom is 0.0644 e. The highest BCUT2D eigenvalue weighted by Crippen LogP contribution is 2.32. The van der Waals surface area contributed by atoms with Crippen molar-refractivity contribution < 1.29 is 0 Å². The maximum absolute atomic E-state index is 6.23. The highest BCUT2D eigenvalue weighted by atomic mass is 35.5. The summed E-state index contributed by atoms with van der Waals surface area (Å²) in [5, 5.41) is 5.27. The topological polar surface area (TPSA) is 12.0 Å². The van der Waals surface area contributed by atoms with Gasteiger partial charge in [0, 0.05) is 10.7 Å². The van der Waals surface area contributed by atoms with Gasteiger partial charge in [0.05, 0.1) is 16.1 Å². The van der Waals surface area contributed by atoms with Gasteiger partial charge in [-0.25, -0.2) is 0 Å². The number of halogens is 3. The third-order valence-corrected chi connectivity index (χ3v) is 4.09. The van der Waals surface area contributed by atoms with Crippen molar-refractivity contribution in [3.63, 3.8) is 0 Å². The Labute approximate surface area is 128 Å². The number of hydrogen-bond acceptors (Lipinski definition) is 1. The highest BCUT2D eigenvalue weighted by Gasteiger charge is 2.12. The van der Waals surface area contributed by atoms with Crippen LogP contribution in [0.4, 0.5) is 5.69 Å². The zero-order valence-electron chi connectivity index (χ0n) is 10.7. The fourth-order valence-electron chi connectivity index (χ4n) is 1.92. The first-order valence-electron chi connectivity index (χ1n) is 5.95. The van der Waals surface area contributed by atoms with Gasteiger partial charge in [0.1, 0.15) is 0 Å². The number of benzene rings is 2. The molecule has 2 rings (SSSR count). The Kier molecular flexibility index (Phi) is 4.62. The van der Waals surface area contributed by atoms with E-state index in [0.29, 0.717) is 15.1 Å². The van der Waals surface area contributed by atoms with Crippen molar-refractivity contribution in [3.8, 4) is 0 Å². The van der Waals surface area contributed by atoms with Crippen molar-refractivity contribution in [2.45, 2.75) is 19.9 Å². The Balaban J connectivity index is 2.28. The lowest BCUT2D eigenvalue weighted by molar-refractivity contribution is 0.883. The molecule has 0 saturated heterocycles. The average Bonchev–Trinajstić information content (AvgIpc) is 2.37. The van der Waals surface area contributed by atoms with E-state index in [9.17, 15) is 0 Å². The third kappa shape index (κ3) is 3.36. The molecule has 0 aromatic heterocycles. The molecule has 0 aliphatic rings. The lowest BCUT2D eigenvalue weighted by Gasteiger charge is -2.19. The van der Waals surface area contributed by atoms with Gasteiger partial charge < -0.3 is 5.32 Å². The van der Waals surface area contributed by atoms with E-state index in [1.165, 1.54) is 0 Å². The maximum atomic E-state index is 6.23. The van der Waals surface area contributed by atoms with Gasteiger partial charge in [-0.15, -0.1) is 0 Å². The van der Waals surface area contributed by atoms with E-state index in [-0.39, 0.29) is 6.04 Å². The summed E-state index contributed by atoms with van der Waals surface area (Å²) >= 11 is 18.3. The van der Waals surface area contributed by atoms with Gasteiger partial charge in [-0.3, -0.25) is 0 Å².